The molecule has 1 aliphatic heterocycles. The molecular formula is C16H25NO2. The van der Waals surface area contributed by atoms with Crippen molar-refractivity contribution in [2.24, 2.45) is 0 Å². The summed E-state index contributed by atoms with van der Waals surface area (Å²) in [6.07, 6.45) is 3.30. The van der Waals surface area contributed by atoms with Gasteiger partial charge in [-0.15, -0.1) is 0 Å². The number of aliphatic hydroxyl groups excluding tert-OH is 1. The number of nitrogens with zero attached hydrogens (tertiary/aromatic N) is 1. The van der Waals surface area contributed by atoms with Crippen LogP contribution in [0.25, 0.3) is 0 Å². The Hall–Kier alpha value is -1.06. The summed E-state index contributed by atoms with van der Waals surface area (Å²) in [5, 5.41) is 9.90. The van der Waals surface area contributed by atoms with Crippen LogP contribution in [0.2, 0.25) is 0 Å². The number of aliphatic hydroxyl groups is 1. The van der Waals surface area contributed by atoms with Gasteiger partial charge in [0.15, 0.2) is 0 Å². The van der Waals surface area contributed by atoms with Crippen LogP contribution >= 0.6 is 0 Å². The summed E-state index contributed by atoms with van der Waals surface area (Å²) in [5.41, 5.74) is 1.26. The second-order valence-electron chi connectivity index (χ2n) is 5.35. The maximum atomic E-state index is 9.90. The average molecular weight is 263 g/mol. The summed E-state index contributed by atoms with van der Waals surface area (Å²) in [5.74, 6) is 0.936. The van der Waals surface area contributed by atoms with Crippen LogP contribution in [0.1, 0.15) is 38.7 Å². The number of ether oxygens (including phenoxy) is 1. The minimum Gasteiger partial charge on any atom is -0.494 e. The van der Waals surface area contributed by atoms with Crippen molar-refractivity contribution < 1.29 is 9.84 Å². The first-order chi connectivity index (χ1) is 9.20. The van der Waals surface area contributed by atoms with E-state index < -0.39 is 0 Å². The standard InChI is InChI=1S/C16H25NO2/c1-3-19-15-8-6-7-14(11-15)12-17-10-5-4-9-16(17)13(2)18/h6-8,11,13,16,18H,3-5,9-10,12H2,1-2H3. The van der Waals surface area contributed by atoms with Crippen molar-refractivity contribution in [3.63, 3.8) is 0 Å². The number of rotatable bonds is 5. The second-order valence-corrected chi connectivity index (χ2v) is 5.35. The lowest BCUT2D eigenvalue weighted by Crippen LogP contribution is -2.45. The Morgan fingerprint density at radius 3 is 3.00 bits per heavy atom. The van der Waals surface area contributed by atoms with E-state index in [0.717, 1.165) is 25.3 Å². The average Bonchev–Trinajstić information content (AvgIpc) is 2.40. The third-order valence-corrected chi connectivity index (χ3v) is 3.82. The lowest BCUT2D eigenvalue weighted by Gasteiger charge is -2.37. The molecule has 1 aliphatic rings. The van der Waals surface area contributed by atoms with Gasteiger partial charge >= 0.3 is 0 Å². The summed E-state index contributed by atoms with van der Waals surface area (Å²) < 4.78 is 5.54. The summed E-state index contributed by atoms with van der Waals surface area (Å²) in [7, 11) is 0. The quantitative estimate of drug-likeness (QED) is 0.886. The van der Waals surface area contributed by atoms with Crippen LogP contribution in [0, 0.1) is 0 Å². The Balaban J connectivity index is 2.04. The molecule has 2 unspecified atom stereocenters. The van der Waals surface area contributed by atoms with Crippen molar-refractivity contribution in [2.45, 2.75) is 51.8 Å². The molecule has 1 saturated heterocycles. The SMILES string of the molecule is CCOc1cccc(CN2CCCCC2C(C)O)c1. The van der Waals surface area contributed by atoms with E-state index in [1.165, 1.54) is 18.4 Å². The van der Waals surface area contributed by atoms with Crippen molar-refractivity contribution in [1.82, 2.24) is 4.90 Å². The van der Waals surface area contributed by atoms with Crippen molar-refractivity contribution in [1.29, 1.82) is 0 Å². The number of benzene rings is 1. The van der Waals surface area contributed by atoms with Gasteiger partial charge in [0.2, 0.25) is 0 Å². The van der Waals surface area contributed by atoms with E-state index in [-0.39, 0.29) is 6.10 Å². The van der Waals surface area contributed by atoms with Gasteiger partial charge in [-0.2, -0.15) is 0 Å². The van der Waals surface area contributed by atoms with Gasteiger partial charge in [-0.05, 0) is 50.9 Å². The Kier molecular flexibility index (Phi) is 5.23. The molecule has 106 valence electrons. The smallest absolute Gasteiger partial charge is 0.119 e. The molecule has 0 radical (unpaired) electrons. The fraction of sp³-hybridized carbons (Fsp3) is 0.625. The highest BCUT2D eigenvalue weighted by Gasteiger charge is 2.26. The Morgan fingerprint density at radius 2 is 2.26 bits per heavy atom. The zero-order chi connectivity index (χ0) is 13.7. The highest BCUT2D eigenvalue weighted by atomic mass is 16.5. The van der Waals surface area contributed by atoms with Gasteiger partial charge in [-0.1, -0.05) is 18.6 Å². The molecule has 2 atom stereocenters. The number of likely N-dealkylation sites (tertiary alicyclic amines) is 1. The van der Waals surface area contributed by atoms with Crippen LogP contribution in [-0.2, 0) is 6.54 Å². The highest BCUT2D eigenvalue weighted by Crippen LogP contribution is 2.23. The predicted molar refractivity (Wildman–Crippen MR) is 77.3 cm³/mol. The molecule has 1 fully saturated rings. The Morgan fingerprint density at radius 1 is 1.42 bits per heavy atom. The van der Waals surface area contributed by atoms with E-state index >= 15 is 0 Å². The normalized spacial score (nSPS) is 22.2. The first-order valence-corrected chi connectivity index (χ1v) is 7.34. The predicted octanol–water partition coefficient (Wildman–Crippen LogP) is 2.82. The molecular weight excluding hydrogens is 238 g/mol. The number of hydrogen-bond donors (Lipinski definition) is 1. The van der Waals surface area contributed by atoms with E-state index in [9.17, 15) is 5.11 Å². The largest absolute Gasteiger partial charge is 0.494 e. The molecule has 0 bridgehead atoms. The van der Waals surface area contributed by atoms with Crippen molar-refractivity contribution in [2.75, 3.05) is 13.2 Å². The molecule has 1 aromatic rings. The molecule has 0 spiro atoms. The fourth-order valence-corrected chi connectivity index (χ4v) is 2.89. The van der Waals surface area contributed by atoms with Crippen LogP contribution < -0.4 is 4.74 Å². The van der Waals surface area contributed by atoms with Crippen LogP contribution in [0.15, 0.2) is 24.3 Å². The number of hydrogen-bond acceptors (Lipinski definition) is 3. The van der Waals surface area contributed by atoms with E-state index in [1.807, 2.05) is 26.0 Å². The highest BCUT2D eigenvalue weighted by molar-refractivity contribution is 5.28. The summed E-state index contributed by atoms with van der Waals surface area (Å²) >= 11 is 0. The van der Waals surface area contributed by atoms with Crippen molar-refractivity contribution in [3.05, 3.63) is 29.8 Å². The van der Waals surface area contributed by atoms with E-state index in [4.69, 9.17) is 4.74 Å². The summed E-state index contributed by atoms with van der Waals surface area (Å²) in [6, 6.07) is 8.58. The van der Waals surface area contributed by atoms with Crippen LogP contribution in [0.4, 0.5) is 0 Å². The number of piperidine rings is 1. The van der Waals surface area contributed by atoms with E-state index in [1.54, 1.807) is 0 Å². The molecule has 0 aromatic heterocycles. The third-order valence-electron chi connectivity index (χ3n) is 3.82. The third kappa shape index (κ3) is 3.95. The molecule has 3 nitrogen and oxygen atoms in total. The second kappa shape index (κ2) is 6.92. The van der Waals surface area contributed by atoms with Crippen molar-refractivity contribution in [3.8, 4) is 5.75 Å². The molecule has 19 heavy (non-hydrogen) atoms. The lowest BCUT2D eigenvalue weighted by molar-refractivity contribution is 0.0316. The molecule has 1 aromatic carbocycles. The molecule has 3 heteroatoms. The van der Waals surface area contributed by atoms with Gasteiger partial charge < -0.3 is 9.84 Å². The minimum absolute atomic E-state index is 0.254. The summed E-state index contributed by atoms with van der Waals surface area (Å²) in [6.45, 7) is 6.58. The maximum absolute atomic E-state index is 9.90. The van der Waals surface area contributed by atoms with Crippen LogP contribution in [0.5, 0.6) is 5.75 Å². The Bertz CT molecular complexity index is 392. The van der Waals surface area contributed by atoms with Gasteiger partial charge in [0, 0.05) is 12.6 Å². The molecule has 0 amide bonds. The van der Waals surface area contributed by atoms with Crippen molar-refractivity contribution >= 4 is 0 Å². The van der Waals surface area contributed by atoms with Gasteiger partial charge in [0.25, 0.3) is 0 Å². The molecule has 1 heterocycles. The molecule has 0 aliphatic carbocycles. The van der Waals surface area contributed by atoms with Gasteiger partial charge in [0.05, 0.1) is 12.7 Å². The monoisotopic (exact) mass is 263 g/mol. The molecule has 2 rings (SSSR count). The maximum Gasteiger partial charge on any atom is 0.119 e. The van der Waals surface area contributed by atoms with Crippen LogP contribution in [0.3, 0.4) is 0 Å². The minimum atomic E-state index is -0.254. The fourth-order valence-electron chi connectivity index (χ4n) is 2.89. The first kappa shape index (κ1) is 14.4. The van der Waals surface area contributed by atoms with E-state index in [2.05, 4.69) is 17.0 Å². The van der Waals surface area contributed by atoms with Gasteiger partial charge in [0.1, 0.15) is 5.75 Å². The zero-order valence-corrected chi connectivity index (χ0v) is 12.0. The first-order valence-electron chi connectivity index (χ1n) is 7.34. The molecule has 1 N–H and O–H groups in total. The topological polar surface area (TPSA) is 32.7 Å². The summed E-state index contributed by atoms with van der Waals surface area (Å²) in [4.78, 5) is 2.40. The van der Waals surface area contributed by atoms with Gasteiger partial charge in [-0.3, -0.25) is 4.90 Å². The van der Waals surface area contributed by atoms with Gasteiger partial charge in [-0.25, -0.2) is 0 Å². The molecule has 0 saturated carbocycles. The zero-order valence-electron chi connectivity index (χ0n) is 12.0. The Labute approximate surface area is 116 Å². The van der Waals surface area contributed by atoms with E-state index in [0.29, 0.717) is 12.6 Å². The lowest BCUT2D eigenvalue weighted by atomic mass is 9.97. The van der Waals surface area contributed by atoms with Crippen LogP contribution in [-0.4, -0.2) is 35.3 Å².